The molecule has 0 spiro atoms. The summed E-state index contributed by atoms with van der Waals surface area (Å²) in [7, 11) is 0. The number of anilines is 1. The monoisotopic (exact) mass is 312 g/mol. The van der Waals surface area contributed by atoms with Crippen molar-refractivity contribution < 1.29 is 9.18 Å². The zero-order chi connectivity index (χ0) is 16.4. The molecule has 8 heteroatoms. The van der Waals surface area contributed by atoms with Crippen LogP contribution < -0.4 is 5.32 Å². The molecular weight excluding hydrogens is 299 g/mol. The van der Waals surface area contributed by atoms with Crippen LogP contribution in [0.2, 0.25) is 0 Å². The first-order chi connectivity index (χ1) is 11.0. The third-order valence-electron chi connectivity index (χ3n) is 3.18. The summed E-state index contributed by atoms with van der Waals surface area (Å²) in [6, 6.07) is 5.76. The van der Waals surface area contributed by atoms with Crippen molar-refractivity contribution in [2.45, 2.75) is 13.8 Å². The van der Waals surface area contributed by atoms with Gasteiger partial charge < -0.3 is 5.32 Å². The van der Waals surface area contributed by atoms with E-state index < -0.39 is 5.91 Å². The summed E-state index contributed by atoms with van der Waals surface area (Å²) in [6.45, 7) is 3.49. The molecule has 0 bridgehead atoms. The molecule has 2 heterocycles. The van der Waals surface area contributed by atoms with Crippen LogP contribution in [0.5, 0.6) is 0 Å². The van der Waals surface area contributed by atoms with Crippen LogP contribution in [0.15, 0.2) is 36.7 Å². The van der Waals surface area contributed by atoms with Crippen LogP contribution in [0.25, 0.3) is 5.69 Å². The molecule has 23 heavy (non-hydrogen) atoms. The number of benzene rings is 1. The Morgan fingerprint density at radius 2 is 1.91 bits per heavy atom. The lowest BCUT2D eigenvalue weighted by atomic mass is 10.3. The van der Waals surface area contributed by atoms with Gasteiger partial charge in [0.15, 0.2) is 11.5 Å². The zero-order valence-electron chi connectivity index (χ0n) is 12.5. The van der Waals surface area contributed by atoms with E-state index in [2.05, 4.69) is 25.6 Å². The number of hydrogen-bond donors (Lipinski definition) is 1. The Morgan fingerprint density at radius 3 is 2.61 bits per heavy atom. The Morgan fingerprint density at radius 1 is 1.17 bits per heavy atom. The van der Waals surface area contributed by atoms with Gasteiger partial charge in [-0.25, -0.2) is 14.1 Å². The number of amides is 1. The van der Waals surface area contributed by atoms with Crippen molar-refractivity contribution >= 4 is 11.7 Å². The van der Waals surface area contributed by atoms with E-state index in [1.54, 1.807) is 32.2 Å². The molecule has 0 aliphatic heterocycles. The second-order valence-corrected chi connectivity index (χ2v) is 4.91. The Bertz CT molecular complexity index is 859. The van der Waals surface area contributed by atoms with Gasteiger partial charge in [-0.1, -0.05) is 5.21 Å². The highest BCUT2D eigenvalue weighted by atomic mass is 19.1. The zero-order valence-corrected chi connectivity index (χ0v) is 12.5. The van der Waals surface area contributed by atoms with Gasteiger partial charge in [0.1, 0.15) is 5.82 Å². The minimum Gasteiger partial charge on any atom is -0.304 e. The maximum Gasteiger partial charge on any atom is 0.279 e. The van der Waals surface area contributed by atoms with Crippen LogP contribution in [0.3, 0.4) is 0 Å². The fraction of sp³-hybridized carbons (Fsp3) is 0.133. The molecule has 0 saturated heterocycles. The van der Waals surface area contributed by atoms with Crippen molar-refractivity contribution in [1.82, 2.24) is 25.0 Å². The van der Waals surface area contributed by atoms with Crippen molar-refractivity contribution in [1.29, 1.82) is 0 Å². The van der Waals surface area contributed by atoms with Crippen LogP contribution >= 0.6 is 0 Å². The van der Waals surface area contributed by atoms with E-state index >= 15 is 0 Å². The first kappa shape index (κ1) is 14.8. The van der Waals surface area contributed by atoms with E-state index in [9.17, 15) is 9.18 Å². The molecule has 1 N–H and O–H groups in total. The molecule has 0 radical (unpaired) electrons. The van der Waals surface area contributed by atoms with Crippen LogP contribution in [-0.4, -0.2) is 30.9 Å². The molecule has 116 valence electrons. The molecule has 1 aromatic carbocycles. The topological polar surface area (TPSA) is 85.6 Å². The number of nitrogens with one attached hydrogen (secondary N) is 1. The standard InChI is InChI=1S/C15H13FN6O/c1-9-7-17-8-13(18-9)19-15(23)14-10(2)22(21-20-14)12-5-3-11(16)4-6-12/h3-8H,1-2H3,(H,18,19,23). The summed E-state index contributed by atoms with van der Waals surface area (Å²) >= 11 is 0. The second kappa shape index (κ2) is 5.91. The summed E-state index contributed by atoms with van der Waals surface area (Å²) in [5.74, 6) is -0.441. The van der Waals surface area contributed by atoms with Gasteiger partial charge in [-0.15, -0.1) is 5.10 Å². The van der Waals surface area contributed by atoms with Crippen LogP contribution in [0.4, 0.5) is 10.2 Å². The predicted molar refractivity (Wildman–Crippen MR) is 80.8 cm³/mol. The van der Waals surface area contributed by atoms with Crippen LogP contribution in [0, 0.1) is 19.7 Å². The van der Waals surface area contributed by atoms with E-state index in [0.717, 1.165) is 0 Å². The van der Waals surface area contributed by atoms with Gasteiger partial charge in [-0.05, 0) is 38.1 Å². The normalized spacial score (nSPS) is 10.6. The van der Waals surface area contributed by atoms with E-state index in [1.165, 1.54) is 23.0 Å². The lowest BCUT2D eigenvalue weighted by Crippen LogP contribution is -2.15. The average molecular weight is 312 g/mol. The summed E-state index contributed by atoms with van der Waals surface area (Å²) in [5.41, 5.74) is 2.01. The summed E-state index contributed by atoms with van der Waals surface area (Å²) < 4.78 is 14.5. The summed E-state index contributed by atoms with van der Waals surface area (Å²) in [5, 5.41) is 10.5. The van der Waals surface area contributed by atoms with Gasteiger partial charge in [0.05, 0.1) is 23.3 Å². The molecule has 7 nitrogen and oxygen atoms in total. The van der Waals surface area contributed by atoms with E-state index in [0.29, 0.717) is 22.9 Å². The number of rotatable bonds is 3. The molecule has 0 aliphatic carbocycles. The molecule has 0 aliphatic rings. The maximum absolute atomic E-state index is 13.0. The Hall–Kier alpha value is -3.16. The maximum atomic E-state index is 13.0. The summed E-state index contributed by atoms with van der Waals surface area (Å²) in [4.78, 5) is 20.4. The van der Waals surface area contributed by atoms with Crippen LogP contribution in [0.1, 0.15) is 21.9 Å². The highest BCUT2D eigenvalue weighted by molar-refractivity contribution is 6.02. The second-order valence-electron chi connectivity index (χ2n) is 4.91. The molecule has 2 aromatic heterocycles. The van der Waals surface area contributed by atoms with Gasteiger partial charge in [-0.3, -0.25) is 9.78 Å². The minimum absolute atomic E-state index is 0.164. The Labute approximate surface area is 131 Å². The highest BCUT2D eigenvalue weighted by Gasteiger charge is 2.18. The lowest BCUT2D eigenvalue weighted by molar-refractivity contribution is 0.102. The van der Waals surface area contributed by atoms with Crippen molar-refractivity contribution in [3.63, 3.8) is 0 Å². The van der Waals surface area contributed by atoms with E-state index in [4.69, 9.17) is 0 Å². The largest absolute Gasteiger partial charge is 0.304 e. The smallest absolute Gasteiger partial charge is 0.279 e. The number of carbonyl (C=O) groups is 1. The number of aryl methyl sites for hydroxylation is 1. The fourth-order valence-electron chi connectivity index (χ4n) is 2.07. The summed E-state index contributed by atoms with van der Waals surface area (Å²) in [6.07, 6.45) is 3.04. The number of carbonyl (C=O) groups excluding carboxylic acids is 1. The first-order valence-electron chi connectivity index (χ1n) is 6.83. The molecule has 0 fully saturated rings. The highest BCUT2D eigenvalue weighted by Crippen LogP contribution is 2.14. The third kappa shape index (κ3) is 3.05. The van der Waals surface area contributed by atoms with Crippen molar-refractivity contribution in [3.8, 4) is 5.69 Å². The molecule has 0 unspecified atom stereocenters. The minimum atomic E-state index is -0.434. The van der Waals surface area contributed by atoms with Gasteiger partial charge in [0, 0.05) is 6.20 Å². The lowest BCUT2D eigenvalue weighted by Gasteiger charge is -2.05. The Balaban J connectivity index is 1.86. The van der Waals surface area contributed by atoms with E-state index in [1.807, 2.05) is 0 Å². The van der Waals surface area contributed by atoms with Crippen molar-refractivity contribution in [2.24, 2.45) is 0 Å². The predicted octanol–water partition coefficient (Wildman–Crippen LogP) is 2.07. The third-order valence-corrected chi connectivity index (χ3v) is 3.18. The molecule has 1 amide bonds. The van der Waals surface area contributed by atoms with Gasteiger partial charge >= 0.3 is 0 Å². The quantitative estimate of drug-likeness (QED) is 0.800. The Kier molecular flexibility index (Phi) is 3.80. The number of nitrogens with zero attached hydrogens (tertiary/aromatic N) is 5. The van der Waals surface area contributed by atoms with E-state index in [-0.39, 0.29) is 11.5 Å². The van der Waals surface area contributed by atoms with Gasteiger partial charge in [0.2, 0.25) is 0 Å². The average Bonchev–Trinajstić information content (AvgIpc) is 2.90. The van der Waals surface area contributed by atoms with Crippen molar-refractivity contribution in [2.75, 3.05) is 5.32 Å². The molecule has 3 aromatic rings. The molecule has 0 saturated carbocycles. The van der Waals surface area contributed by atoms with Gasteiger partial charge in [-0.2, -0.15) is 0 Å². The van der Waals surface area contributed by atoms with Crippen molar-refractivity contribution in [3.05, 3.63) is 59.6 Å². The molecule has 0 atom stereocenters. The molecular formula is C15H13FN6O. The first-order valence-corrected chi connectivity index (χ1v) is 6.83. The molecule has 3 rings (SSSR count). The van der Waals surface area contributed by atoms with Crippen LogP contribution in [-0.2, 0) is 0 Å². The van der Waals surface area contributed by atoms with Gasteiger partial charge in [0.25, 0.3) is 5.91 Å². The number of halogens is 1. The SMILES string of the molecule is Cc1cncc(NC(=O)c2nnn(-c3ccc(F)cc3)c2C)n1. The number of hydrogen-bond acceptors (Lipinski definition) is 5. The number of aromatic nitrogens is 5. The fourth-order valence-corrected chi connectivity index (χ4v) is 2.07.